The molecule has 3 aromatic rings. The largest absolute Gasteiger partial charge is 0.398 e. The van der Waals surface area contributed by atoms with Crippen LogP contribution in [0.3, 0.4) is 0 Å². The maximum atomic E-state index is 6.76. The molecule has 0 amide bonds. The lowest BCUT2D eigenvalue weighted by Gasteiger charge is -2.43. The van der Waals surface area contributed by atoms with E-state index < -0.39 is 0 Å². The summed E-state index contributed by atoms with van der Waals surface area (Å²) in [6.07, 6.45) is 12.3. The second-order valence-electron chi connectivity index (χ2n) is 9.80. The van der Waals surface area contributed by atoms with Crippen molar-refractivity contribution in [3.63, 3.8) is 0 Å². The van der Waals surface area contributed by atoms with Gasteiger partial charge in [-0.15, -0.1) is 0 Å². The molecule has 0 aromatic heterocycles. The van der Waals surface area contributed by atoms with E-state index in [2.05, 4.69) is 60.5 Å². The molecule has 1 aliphatic carbocycles. The lowest BCUT2D eigenvalue weighted by Crippen LogP contribution is -2.35. The van der Waals surface area contributed by atoms with E-state index in [-0.39, 0.29) is 11.6 Å². The molecule has 2 aliphatic rings. The zero-order valence-corrected chi connectivity index (χ0v) is 21.3. The first-order valence-corrected chi connectivity index (χ1v) is 13.5. The van der Waals surface area contributed by atoms with Crippen LogP contribution in [0.1, 0.15) is 60.5 Å². The molecular weight excluding hydrogens is 446 g/mol. The van der Waals surface area contributed by atoms with E-state index in [9.17, 15) is 0 Å². The van der Waals surface area contributed by atoms with Crippen LogP contribution >= 0.6 is 11.8 Å². The zero-order valence-electron chi connectivity index (χ0n) is 20.5. The number of hydrogen-bond acceptors (Lipinski definition) is 4. The van der Waals surface area contributed by atoms with Crippen LogP contribution in [-0.2, 0) is 5.41 Å². The summed E-state index contributed by atoms with van der Waals surface area (Å²) in [4.78, 5) is 5.00. The molecule has 35 heavy (non-hydrogen) atoms. The van der Waals surface area contributed by atoms with Gasteiger partial charge in [0.25, 0.3) is 0 Å². The second-order valence-corrected chi connectivity index (χ2v) is 10.9. The lowest BCUT2D eigenvalue weighted by atomic mass is 9.65. The summed E-state index contributed by atoms with van der Waals surface area (Å²) in [7, 11) is 2.08. The van der Waals surface area contributed by atoms with Crippen molar-refractivity contribution in [2.24, 2.45) is 11.5 Å². The number of likely N-dealkylation sites (N-methyl/N-ethyl adjacent to an activating group) is 1. The quantitative estimate of drug-likeness (QED) is 0.299. The highest BCUT2D eigenvalue weighted by molar-refractivity contribution is 7.99. The molecule has 4 heteroatoms. The number of benzene rings is 3. The minimum Gasteiger partial charge on any atom is -0.398 e. The van der Waals surface area contributed by atoms with Crippen molar-refractivity contribution in [3.8, 4) is 0 Å². The molecule has 180 valence electrons. The third-order valence-corrected chi connectivity index (χ3v) is 8.73. The minimum atomic E-state index is -0.164. The van der Waals surface area contributed by atoms with E-state index in [0.717, 1.165) is 17.8 Å². The molecule has 4 N–H and O–H groups in total. The van der Waals surface area contributed by atoms with E-state index in [4.69, 9.17) is 11.5 Å². The Morgan fingerprint density at radius 1 is 0.943 bits per heavy atom. The fourth-order valence-electron chi connectivity index (χ4n) is 5.60. The summed E-state index contributed by atoms with van der Waals surface area (Å²) in [6.45, 7) is 0.750. The van der Waals surface area contributed by atoms with E-state index >= 15 is 0 Å². The van der Waals surface area contributed by atoms with E-state index in [0.29, 0.717) is 0 Å². The van der Waals surface area contributed by atoms with Crippen molar-refractivity contribution in [2.45, 2.75) is 53.5 Å². The van der Waals surface area contributed by atoms with E-state index in [1.54, 1.807) is 0 Å². The van der Waals surface area contributed by atoms with E-state index in [1.165, 1.54) is 58.6 Å². The van der Waals surface area contributed by atoms with Crippen molar-refractivity contribution < 1.29 is 0 Å². The Labute approximate surface area is 213 Å². The average molecular weight is 482 g/mol. The summed E-state index contributed by atoms with van der Waals surface area (Å²) in [5.74, 6) is 0. The molecule has 0 radical (unpaired) electrons. The van der Waals surface area contributed by atoms with Crippen molar-refractivity contribution in [2.75, 3.05) is 13.6 Å². The fraction of sp³-hybridized carbons (Fsp3) is 0.290. The van der Waals surface area contributed by atoms with Gasteiger partial charge in [-0.3, -0.25) is 4.90 Å². The van der Waals surface area contributed by atoms with Crippen LogP contribution in [-0.4, -0.2) is 18.5 Å². The molecule has 1 aliphatic heterocycles. The van der Waals surface area contributed by atoms with Gasteiger partial charge in [-0.05, 0) is 60.4 Å². The van der Waals surface area contributed by atoms with Crippen LogP contribution in [0.5, 0.6) is 0 Å². The second kappa shape index (κ2) is 10.4. The summed E-state index contributed by atoms with van der Waals surface area (Å²) in [5.41, 5.74) is 19.1. The van der Waals surface area contributed by atoms with Gasteiger partial charge < -0.3 is 11.5 Å². The van der Waals surface area contributed by atoms with Gasteiger partial charge in [-0.1, -0.05) is 104 Å². The highest BCUT2D eigenvalue weighted by Crippen LogP contribution is 2.55. The van der Waals surface area contributed by atoms with Gasteiger partial charge in [0.2, 0.25) is 0 Å². The highest BCUT2D eigenvalue weighted by Gasteiger charge is 2.41. The van der Waals surface area contributed by atoms with Gasteiger partial charge in [0.05, 0.1) is 6.17 Å². The molecular formula is C31H35N3S. The van der Waals surface area contributed by atoms with Gasteiger partial charge >= 0.3 is 0 Å². The van der Waals surface area contributed by atoms with Crippen molar-refractivity contribution >= 4 is 17.5 Å². The normalized spacial score (nSPS) is 18.0. The van der Waals surface area contributed by atoms with Crippen LogP contribution in [0.15, 0.2) is 101 Å². The first-order valence-electron chi connectivity index (χ1n) is 12.6. The summed E-state index contributed by atoms with van der Waals surface area (Å²) < 4.78 is 0. The fourth-order valence-corrected chi connectivity index (χ4v) is 6.85. The Hall–Kier alpha value is -2.79. The number of allylic oxidation sites excluding steroid dienone is 2. The monoisotopic (exact) mass is 481 g/mol. The molecule has 1 spiro atoms. The van der Waals surface area contributed by atoms with Crippen LogP contribution in [0.25, 0.3) is 5.70 Å². The number of fused-ring (bicyclic) bond motifs is 4. The predicted octanol–water partition coefficient (Wildman–Crippen LogP) is 6.85. The molecule has 1 saturated carbocycles. The van der Waals surface area contributed by atoms with Crippen molar-refractivity contribution in [3.05, 3.63) is 113 Å². The molecule has 1 unspecified atom stereocenters. The molecule has 3 nitrogen and oxygen atoms in total. The van der Waals surface area contributed by atoms with Crippen LogP contribution in [0, 0.1) is 0 Å². The zero-order chi connectivity index (χ0) is 24.3. The maximum Gasteiger partial charge on any atom is 0.0835 e. The van der Waals surface area contributed by atoms with Crippen LogP contribution in [0.4, 0.5) is 0 Å². The SMILES string of the molecule is CN(C/C=C\C=C(/N)c1ccccc1)C(N)c1ccc2c(c1)C1(CCCCC1)c1ccccc1S2. The van der Waals surface area contributed by atoms with Gasteiger partial charge in [-0.25, -0.2) is 0 Å². The van der Waals surface area contributed by atoms with Crippen molar-refractivity contribution in [1.82, 2.24) is 4.90 Å². The third-order valence-electron chi connectivity index (χ3n) is 7.58. The Morgan fingerprint density at radius 3 is 2.46 bits per heavy atom. The minimum absolute atomic E-state index is 0.128. The number of nitrogens with zero attached hydrogens (tertiary/aromatic N) is 1. The topological polar surface area (TPSA) is 55.3 Å². The van der Waals surface area contributed by atoms with E-state index in [1.807, 2.05) is 54.2 Å². The molecule has 1 atom stereocenters. The molecule has 5 rings (SSSR count). The molecule has 1 fully saturated rings. The Kier molecular flexibility index (Phi) is 7.14. The Bertz CT molecular complexity index is 1220. The summed E-state index contributed by atoms with van der Waals surface area (Å²) in [5, 5.41) is 0. The van der Waals surface area contributed by atoms with Gasteiger partial charge in [0.15, 0.2) is 0 Å². The summed E-state index contributed by atoms with van der Waals surface area (Å²) >= 11 is 1.91. The maximum absolute atomic E-state index is 6.76. The summed E-state index contributed by atoms with van der Waals surface area (Å²) in [6, 6.07) is 26.0. The number of nitrogens with two attached hydrogens (primary N) is 2. The molecule has 1 heterocycles. The van der Waals surface area contributed by atoms with Crippen LogP contribution < -0.4 is 11.5 Å². The number of rotatable bonds is 6. The standard InChI is InChI=1S/C31H35N3S/c1-34(21-11-8-15-27(32)23-12-4-2-5-13-23)30(33)24-17-18-29-26(22-24)31(19-9-3-10-20-31)25-14-6-7-16-28(25)35-29/h2,4-8,11-18,22,30H,3,9-10,19-21,32-33H2,1H3/b11-8-,27-15-. The van der Waals surface area contributed by atoms with Gasteiger partial charge in [-0.2, -0.15) is 0 Å². The van der Waals surface area contributed by atoms with Crippen LogP contribution in [0.2, 0.25) is 0 Å². The lowest BCUT2D eigenvalue weighted by molar-refractivity contribution is 0.276. The first kappa shape index (κ1) is 23.9. The molecule has 3 aromatic carbocycles. The van der Waals surface area contributed by atoms with Crippen molar-refractivity contribution in [1.29, 1.82) is 0 Å². The Morgan fingerprint density at radius 2 is 1.66 bits per heavy atom. The Balaban J connectivity index is 1.35. The third kappa shape index (κ3) is 4.84. The van der Waals surface area contributed by atoms with Gasteiger partial charge in [0, 0.05) is 27.4 Å². The highest BCUT2D eigenvalue weighted by atomic mass is 32.2. The smallest absolute Gasteiger partial charge is 0.0835 e. The van der Waals surface area contributed by atoms with Gasteiger partial charge in [0.1, 0.15) is 0 Å². The molecule has 0 saturated heterocycles. The number of hydrogen-bond donors (Lipinski definition) is 2. The molecule has 0 bridgehead atoms. The predicted molar refractivity (Wildman–Crippen MR) is 148 cm³/mol. The first-order chi connectivity index (χ1) is 17.1. The average Bonchev–Trinajstić information content (AvgIpc) is 2.91.